The number of nitrogens with zero attached hydrogens (tertiary/aromatic N) is 1. The molecule has 0 bridgehead atoms. The van der Waals surface area contributed by atoms with E-state index >= 15 is 0 Å². The predicted molar refractivity (Wildman–Crippen MR) is 58.7 cm³/mol. The number of benzene rings is 1. The fourth-order valence-electron chi connectivity index (χ4n) is 1.62. The van der Waals surface area contributed by atoms with Crippen LogP contribution in [0.25, 0.3) is 11.1 Å². The molecule has 0 radical (unpaired) electrons. The molecule has 0 aliphatic heterocycles. The fraction of sp³-hybridized carbons (Fsp3) is 0.0833. The molecule has 0 spiro atoms. The first kappa shape index (κ1) is 11.4. The van der Waals surface area contributed by atoms with E-state index in [1.54, 1.807) is 6.92 Å². The van der Waals surface area contributed by atoms with E-state index in [0.29, 0.717) is 11.1 Å². The lowest BCUT2D eigenvalue weighted by atomic mass is 10.0. The molecule has 0 saturated heterocycles. The van der Waals surface area contributed by atoms with Crippen molar-refractivity contribution in [1.29, 1.82) is 0 Å². The number of rotatable bonds is 1. The van der Waals surface area contributed by atoms with Gasteiger partial charge in [-0.1, -0.05) is 0 Å². The van der Waals surface area contributed by atoms with Crippen molar-refractivity contribution in [3.05, 3.63) is 47.5 Å². The molecule has 2 aromatic rings. The molecular weight excluding hydrogens is 229 g/mol. The highest BCUT2D eigenvalue weighted by Crippen LogP contribution is 2.27. The Morgan fingerprint density at radius 3 is 2.18 bits per heavy atom. The normalized spacial score (nSPS) is 10.6. The second-order valence-electron chi connectivity index (χ2n) is 3.69. The van der Waals surface area contributed by atoms with E-state index in [1.807, 2.05) is 0 Å². The zero-order valence-corrected chi connectivity index (χ0v) is 8.97. The number of nitrogen functional groups attached to an aromatic ring is 1. The van der Waals surface area contributed by atoms with Crippen LogP contribution in [-0.4, -0.2) is 4.98 Å². The Kier molecular flexibility index (Phi) is 2.75. The third kappa shape index (κ3) is 2.22. The van der Waals surface area contributed by atoms with Crippen LogP contribution in [0, 0.1) is 24.6 Å². The number of hydrogen-bond donors (Lipinski definition) is 1. The van der Waals surface area contributed by atoms with Crippen molar-refractivity contribution in [3.8, 4) is 11.1 Å². The Bertz CT molecular complexity index is 562. The first-order valence-electron chi connectivity index (χ1n) is 4.86. The lowest BCUT2D eigenvalue weighted by molar-refractivity contribution is 0.513. The van der Waals surface area contributed by atoms with Crippen molar-refractivity contribution in [2.45, 2.75) is 6.92 Å². The lowest BCUT2D eigenvalue weighted by Gasteiger charge is -2.08. The van der Waals surface area contributed by atoms with Crippen LogP contribution in [0.5, 0.6) is 0 Å². The minimum Gasteiger partial charge on any atom is -0.396 e. The molecule has 5 heteroatoms. The number of anilines is 1. The number of aromatic nitrogens is 1. The summed E-state index contributed by atoms with van der Waals surface area (Å²) in [4.78, 5) is 2.99. The van der Waals surface area contributed by atoms with E-state index in [-0.39, 0.29) is 11.3 Å². The second-order valence-corrected chi connectivity index (χ2v) is 3.69. The van der Waals surface area contributed by atoms with Gasteiger partial charge in [0.05, 0.1) is 5.69 Å². The molecule has 0 unspecified atom stereocenters. The van der Waals surface area contributed by atoms with Gasteiger partial charge in [0.2, 0.25) is 11.9 Å². The van der Waals surface area contributed by atoms with Gasteiger partial charge in [0.1, 0.15) is 5.82 Å². The predicted octanol–water partition coefficient (Wildman–Crippen LogP) is 3.06. The molecule has 0 fully saturated rings. The van der Waals surface area contributed by atoms with E-state index in [2.05, 4.69) is 4.98 Å². The highest BCUT2D eigenvalue weighted by atomic mass is 19.1. The quantitative estimate of drug-likeness (QED) is 0.612. The largest absolute Gasteiger partial charge is 0.396 e. The summed E-state index contributed by atoms with van der Waals surface area (Å²) >= 11 is 0. The van der Waals surface area contributed by atoms with Crippen LogP contribution in [0.4, 0.5) is 18.9 Å². The summed E-state index contributed by atoms with van der Waals surface area (Å²) in [7, 11) is 0. The number of aryl methyl sites for hydroxylation is 1. The Labute approximate surface area is 95.9 Å². The smallest absolute Gasteiger partial charge is 0.216 e. The molecule has 0 saturated carbocycles. The van der Waals surface area contributed by atoms with Crippen LogP contribution in [0.15, 0.2) is 24.3 Å². The molecule has 2 rings (SSSR count). The maximum Gasteiger partial charge on any atom is 0.216 e. The molecule has 1 aromatic carbocycles. The van der Waals surface area contributed by atoms with E-state index in [0.717, 1.165) is 12.1 Å². The average molecular weight is 238 g/mol. The average Bonchev–Trinajstić information content (AvgIpc) is 2.22. The van der Waals surface area contributed by atoms with Gasteiger partial charge in [-0.25, -0.2) is 4.39 Å². The van der Waals surface area contributed by atoms with Gasteiger partial charge in [-0.15, -0.1) is 0 Å². The van der Waals surface area contributed by atoms with Crippen LogP contribution in [0.2, 0.25) is 0 Å². The number of halogens is 3. The number of pyridine rings is 1. The van der Waals surface area contributed by atoms with Crippen molar-refractivity contribution in [2.24, 2.45) is 0 Å². The highest BCUT2D eigenvalue weighted by Gasteiger charge is 2.09. The van der Waals surface area contributed by atoms with Crippen molar-refractivity contribution < 1.29 is 13.2 Å². The topological polar surface area (TPSA) is 38.9 Å². The molecule has 0 amide bonds. The zero-order chi connectivity index (χ0) is 12.6. The van der Waals surface area contributed by atoms with Gasteiger partial charge in [-0.2, -0.15) is 13.8 Å². The van der Waals surface area contributed by atoms with E-state index in [9.17, 15) is 13.2 Å². The van der Waals surface area contributed by atoms with Gasteiger partial charge in [0.25, 0.3) is 0 Å². The minimum absolute atomic E-state index is 0.0665. The molecule has 88 valence electrons. The van der Waals surface area contributed by atoms with Crippen LogP contribution >= 0.6 is 0 Å². The number of nitrogens with two attached hydrogens (primary N) is 1. The maximum absolute atomic E-state index is 13.1. The SMILES string of the molecule is Cc1cc(F)c(N)cc1-c1cc(F)nc(F)c1. The highest BCUT2D eigenvalue weighted by molar-refractivity contribution is 5.70. The molecule has 1 heterocycles. The monoisotopic (exact) mass is 238 g/mol. The maximum atomic E-state index is 13.1. The summed E-state index contributed by atoms with van der Waals surface area (Å²) in [5, 5.41) is 0. The summed E-state index contributed by atoms with van der Waals surface area (Å²) in [6, 6.07) is 4.71. The van der Waals surface area contributed by atoms with Gasteiger partial charge in [-0.05, 0) is 35.7 Å². The molecule has 0 aliphatic rings. The summed E-state index contributed by atoms with van der Waals surface area (Å²) in [5.74, 6) is -2.41. The molecular formula is C12H9F3N2. The Morgan fingerprint density at radius 1 is 1.00 bits per heavy atom. The molecule has 1 aromatic heterocycles. The molecule has 0 atom stereocenters. The molecule has 2 N–H and O–H groups in total. The van der Waals surface area contributed by atoms with Gasteiger partial charge in [0.15, 0.2) is 0 Å². The summed E-state index contributed by atoms with van der Waals surface area (Å²) in [6.45, 7) is 1.63. The third-order valence-corrected chi connectivity index (χ3v) is 2.42. The summed E-state index contributed by atoms with van der Waals surface area (Å²) < 4.78 is 39.1. The van der Waals surface area contributed by atoms with Crippen molar-refractivity contribution in [3.63, 3.8) is 0 Å². The first-order valence-corrected chi connectivity index (χ1v) is 4.86. The second kappa shape index (κ2) is 4.08. The standard InChI is InChI=1S/C12H9F3N2/c1-6-2-9(13)10(16)5-8(6)7-3-11(14)17-12(15)4-7/h2-5H,16H2,1H3. The molecule has 2 nitrogen and oxygen atoms in total. The van der Waals surface area contributed by atoms with Crippen LogP contribution < -0.4 is 5.73 Å². The first-order chi connectivity index (χ1) is 7.97. The lowest BCUT2D eigenvalue weighted by Crippen LogP contribution is -1.96. The minimum atomic E-state index is -0.928. The Morgan fingerprint density at radius 2 is 1.59 bits per heavy atom. The van der Waals surface area contributed by atoms with Crippen molar-refractivity contribution in [1.82, 2.24) is 4.98 Å². The van der Waals surface area contributed by atoms with Gasteiger partial charge in [0, 0.05) is 12.1 Å². The van der Waals surface area contributed by atoms with Gasteiger partial charge in [-0.3, -0.25) is 0 Å². The Balaban J connectivity index is 2.64. The zero-order valence-electron chi connectivity index (χ0n) is 8.97. The summed E-state index contributed by atoms with van der Waals surface area (Å²) in [5.41, 5.74) is 6.65. The van der Waals surface area contributed by atoms with Crippen LogP contribution in [0.1, 0.15) is 5.56 Å². The van der Waals surface area contributed by atoms with Crippen molar-refractivity contribution in [2.75, 3.05) is 5.73 Å². The summed E-state index contributed by atoms with van der Waals surface area (Å²) in [6.07, 6.45) is 0. The van der Waals surface area contributed by atoms with E-state index in [4.69, 9.17) is 5.73 Å². The van der Waals surface area contributed by atoms with Crippen LogP contribution in [0.3, 0.4) is 0 Å². The van der Waals surface area contributed by atoms with Crippen molar-refractivity contribution >= 4 is 5.69 Å². The van der Waals surface area contributed by atoms with E-state index < -0.39 is 17.7 Å². The van der Waals surface area contributed by atoms with Gasteiger partial charge >= 0.3 is 0 Å². The molecule has 0 aliphatic carbocycles. The van der Waals surface area contributed by atoms with Gasteiger partial charge < -0.3 is 5.73 Å². The number of hydrogen-bond acceptors (Lipinski definition) is 2. The fourth-order valence-corrected chi connectivity index (χ4v) is 1.62. The van der Waals surface area contributed by atoms with Crippen LogP contribution in [-0.2, 0) is 0 Å². The third-order valence-electron chi connectivity index (χ3n) is 2.42. The van der Waals surface area contributed by atoms with E-state index in [1.165, 1.54) is 12.1 Å². The molecule has 17 heavy (non-hydrogen) atoms. The Hall–Kier alpha value is -2.04.